The molecule has 0 aromatic heterocycles. The van der Waals surface area contributed by atoms with Crippen LogP contribution in [0, 0.1) is 0 Å². The molecule has 28 heavy (non-hydrogen) atoms. The van der Waals surface area contributed by atoms with Gasteiger partial charge in [0.1, 0.15) is 11.3 Å². The number of hydrogen-bond donors (Lipinski definition) is 2. The fraction of sp³-hybridized carbons (Fsp3) is 0.391. The Bertz CT molecular complexity index is 828. The average molecular weight is 383 g/mol. The Balaban J connectivity index is 2.11. The van der Waals surface area contributed by atoms with Crippen molar-refractivity contribution >= 4 is 11.9 Å². The molecular weight excluding hydrogens is 354 g/mol. The highest BCUT2D eigenvalue weighted by Gasteiger charge is 2.24. The summed E-state index contributed by atoms with van der Waals surface area (Å²) in [5.74, 6) is -0.931. The highest BCUT2D eigenvalue weighted by Crippen LogP contribution is 2.33. The highest BCUT2D eigenvalue weighted by molar-refractivity contribution is 5.95. The molecule has 0 saturated heterocycles. The van der Waals surface area contributed by atoms with Crippen LogP contribution in [0.1, 0.15) is 73.5 Å². The number of hydrogen-bond acceptors (Lipinski definition) is 4. The van der Waals surface area contributed by atoms with Gasteiger partial charge >= 0.3 is 5.97 Å². The summed E-state index contributed by atoms with van der Waals surface area (Å²) in [6.45, 7) is 9.82. The number of amides is 1. The fourth-order valence-electron chi connectivity index (χ4n) is 2.82. The zero-order chi connectivity index (χ0) is 20.8. The van der Waals surface area contributed by atoms with Gasteiger partial charge in [0.05, 0.1) is 0 Å². The van der Waals surface area contributed by atoms with Gasteiger partial charge in [0.15, 0.2) is 6.10 Å². The summed E-state index contributed by atoms with van der Waals surface area (Å²) in [4.78, 5) is 24.9. The number of rotatable bonds is 7. The maximum Gasteiger partial charge on any atom is 0.342 e. The third-order valence-corrected chi connectivity index (χ3v) is 4.63. The Hall–Kier alpha value is -2.82. The first-order valence-corrected chi connectivity index (χ1v) is 9.60. The monoisotopic (exact) mass is 383 g/mol. The lowest BCUT2D eigenvalue weighted by molar-refractivity contribution is -0.129. The largest absolute Gasteiger partial charge is 0.507 e. The second-order valence-electron chi connectivity index (χ2n) is 7.57. The highest BCUT2D eigenvalue weighted by atomic mass is 16.5. The SMILES string of the molecule is CC(C)c1cc(C(=O)O[C@@H](C)C(=O)NCc2ccccc2)c(O)c(C(C)C)c1. The molecule has 2 rings (SSSR count). The van der Waals surface area contributed by atoms with Crippen molar-refractivity contribution in [2.45, 2.75) is 59.1 Å². The molecule has 0 aliphatic carbocycles. The van der Waals surface area contributed by atoms with Gasteiger partial charge in [0, 0.05) is 6.54 Å². The van der Waals surface area contributed by atoms with Crippen LogP contribution in [-0.4, -0.2) is 23.1 Å². The summed E-state index contributed by atoms with van der Waals surface area (Å²) in [6.07, 6.45) is -0.971. The summed E-state index contributed by atoms with van der Waals surface area (Å²) >= 11 is 0. The van der Waals surface area contributed by atoms with E-state index < -0.39 is 12.1 Å². The predicted octanol–water partition coefficient (Wildman–Crippen LogP) is 4.50. The van der Waals surface area contributed by atoms with Crippen molar-refractivity contribution in [2.75, 3.05) is 0 Å². The molecule has 2 aromatic rings. The van der Waals surface area contributed by atoms with Crippen LogP contribution in [0.25, 0.3) is 0 Å². The predicted molar refractivity (Wildman–Crippen MR) is 109 cm³/mol. The third kappa shape index (κ3) is 5.35. The lowest BCUT2D eigenvalue weighted by Crippen LogP contribution is -2.35. The molecule has 0 radical (unpaired) electrons. The number of esters is 1. The molecule has 5 nitrogen and oxygen atoms in total. The van der Waals surface area contributed by atoms with E-state index in [1.807, 2.05) is 64.1 Å². The van der Waals surface area contributed by atoms with Crippen LogP contribution in [0.3, 0.4) is 0 Å². The maximum atomic E-state index is 12.6. The molecule has 0 spiro atoms. The van der Waals surface area contributed by atoms with Crippen LogP contribution in [0.15, 0.2) is 42.5 Å². The lowest BCUT2D eigenvalue weighted by atomic mass is 9.92. The van der Waals surface area contributed by atoms with Gasteiger partial charge in [0.2, 0.25) is 0 Å². The van der Waals surface area contributed by atoms with Gasteiger partial charge in [-0.3, -0.25) is 4.79 Å². The van der Waals surface area contributed by atoms with Crippen LogP contribution >= 0.6 is 0 Å². The Morgan fingerprint density at radius 3 is 2.21 bits per heavy atom. The Morgan fingerprint density at radius 2 is 1.64 bits per heavy atom. The first kappa shape index (κ1) is 21.5. The summed E-state index contributed by atoms with van der Waals surface area (Å²) in [5, 5.41) is 13.3. The van der Waals surface area contributed by atoms with Crippen molar-refractivity contribution in [2.24, 2.45) is 0 Å². The Morgan fingerprint density at radius 1 is 1.00 bits per heavy atom. The van der Waals surface area contributed by atoms with E-state index in [1.54, 1.807) is 6.07 Å². The molecule has 2 N–H and O–H groups in total. The molecule has 0 unspecified atom stereocenters. The topological polar surface area (TPSA) is 75.6 Å². The summed E-state index contributed by atoms with van der Waals surface area (Å²) in [6, 6.07) is 13.0. The minimum atomic E-state index is -0.971. The van der Waals surface area contributed by atoms with Gasteiger partial charge in [-0.2, -0.15) is 0 Å². The van der Waals surface area contributed by atoms with E-state index in [9.17, 15) is 14.7 Å². The minimum absolute atomic E-state index is 0.0526. The molecule has 150 valence electrons. The van der Waals surface area contributed by atoms with Gasteiger partial charge < -0.3 is 15.2 Å². The fourth-order valence-corrected chi connectivity index (χ4v) is 2.82. The molecule has 5 heteroatoms. The second kappa shape index (κ2) is 9.40. The standard InChI is InChI=1S/C23H29NO4/c1-14(2)18-11-19(15(3)4)21(25)20(12-18)23(27)28-16(5)22(26)24-13-17-9-7-6-8-10-17/h6-12,14-16,25H,13H2,1-5H3,(H,24,26)/t16-/m0/s1. The van der Waals surface area contributed by atoms with Crippen LogP contribution < -0.4 is 5.32 Å². The van der Waals surface area contributed by atoms with Crippen molar-refractivity contribution in [1.82, 2.24) is 5.32 Å². The lowest BCUT2D eigenvalue weighted by Gasteiger charge is -2.18. The number of nitrogens with one attached hydrogen (secondary N) is 1. The maximum absolute atomic E-state index is 12.6. The number of phenolic OH excluding ortho intramolecular Hbond substituents is 1. The molecule has 0 heterocycles. The van der Waals surface area contributed by atoms with Crippen molar-refractivity contribution in [1.29, 1.82) is 0 Å². The van der Waals surface area contributed by atoms with Crippen LogP contribution in [-0.2, 0) is 16.1 Å². The van der Waals surface area contributed by atoms with E-state index in [2.05, 4.69) is 5.32 Å². The normalized spacial score (nSPS) is 12.1. The van der Waals surface area contributed by atoms with E-state index in [1.165, 1.54) is 6.92 Å². The first-order chi connectivity index (χ1) is 13.2. The van der Waals surface area contributed by atoms with Gasteiger partial charge in [-0.05, 0) is 41.5 Å². The van der Waals surface area contributed by atoms with Crippen LogP contribution in [0.5, 0.6) is 5.75 Å². The molecule has 2 aromatic carbocycles. The van der Waals surface area contributed by atoms with E-state index >= 15 is 0 Å². The first-order valence-electron chi connectivity index (χ1n) is 9.60. The minimum Gasteiger partial charge on any atom is -0.507 e. The molecule has 0 aliphatic rings. The number of carbonyl (C=O) groups excluding carboxylic acids is 2. The Kier molecular flexibility index (Phi) is 7.21. The van der Waals surface area contributed by atoms with Crippen LogP contribution in [0.2, 0.25) is 0 Å². The number of carbonyl (C=O) groups is 2. The zero-order valence-electron chi connectivity index (χ0n) is 17.2. The number of phenols is 1. The summed E-state index contributed by atoms with van der Waals surface area (Å²) < 4.78 is 5.33. The smallest absolute Gasteiger partial charge is 0.342 e. The van der Waals surface area contributed by atoms with Gasteiger partial charge in [-0.25, -0.2) is 4.79 Å². The second-order valence-corrected chi connectivity index (χ2v) is 7.57. The number of benzene rings is 2. The average Bonchev–Trinajstić information content (AvgIpc) is 2.66. The van der Waals surface area contributed by atoms with E-state index in [-0.39, 0.29) is 29.1 Å². The zero-order valence-corrected chi connectivity index (χ0v) is 17.2. The van der Waals surface area contributed by atoms with Crippen molar-refractivity contribution < 1.29 is 19.4 Å². The Labute approximate surface area is 166 Å². The number of aromatic hydroxyl groups is 1. The van der Waals surface area contributed by atoms with E-state index in [0.717, 1.165) is 11.1 Å². The summed E-state index contributed by atoms with van der Waals surface area (Å²) in [5.41, 5.74) is 2.69. The molecular formula is C23H29NO4. The van der Waals surface area contributed by atoms with Gasteiger partial charge in [-0.15, -0.1) is 0 Å². The van der Waals surface area contributed by atoms with Crippen molar-refractivity contribution in [3.05, 3.63) is 64.7 Å². The molecule has 0 fully saturated rings. The molecule has 1 atom stereocenters. The van der Waals surface area contributed by atoms with Crippen LogP contribution in [0.4, 0.5) is 0 Å². The quantitative estimate of drug-likeness (QED) is 0.690. The molecule has 0 bridgehead atoms. The van der Waals surface area contributed by atoms with E-state index in [4.69, 9.17) is 4.74 Å². The molecule has 0 aliphatic heterocycles. The number of ether oxygens (including phenoxy) is 1. The van der Waals surface area contributed by atoms with Crippen molar-refractivity contribution in [3.63, 3.8) is 0 Å². The molecule has 0 saturated carbocycles. The molecule has 1 amide bonds. The van der Waals surface area contributed by atoms with Crippen molar-refractivity contribution in [3.8, 4) is 5.75 Å². The van der Waals surface area contributed by atoms with Gasteiger partial charge in [-0.1, -0.05) is 64.1 Å². The van der Waals surface area contributed by atoms with Gasteiger partial charge in [0.25, 0.3) is 5.91 Å². The third-order valence-electron chi connectivity index (χ3n) is 4.63. The van der Waals surface area contributed by atoms with E-state index in [0.29, 0.717) is 12.1 Å². The summed E-state index contributed by atoms with van der Waals surface area (Å²) in [7, 11) is 0.